The predicted octanol–water partition coefficient (Wildman–Crippen LogP) is 2.21. The van der Waals surface area contributed by atoms with Crippen LogP contribution in [0.4, 0.5) is 0 Å². The van der Waals surface area contributed by atoms with E-state index < -0.39 is 17.0 Å². The van der Waals surface area contributed by atoms with E-state index in [9.17, 15) is 13.4 Å². The van der Waals surface area contributed by atoms with Gasteiger partial charge in [0.2, 0.25) is 0 Å². The average Bonchev–Trinajstić information content (AvgIpc) is 3.01. The number of sulfone groups is 1. The Morgan fingerprint density at radius 2 is 2.12 bits per heavy atom. The molecule has 0 spiro atoms. The van der Waals surface area contributed by atoms with Crippen molar-refractivity contribution >= 4 is 33.6 Å². The SMILES string of the molecule is CS(=O)(=O)CC1CCC(C2=CB(O)Oc3cnc4[nH]ccc4c32)CC1. The number of rotatable bonds is 3. The van der Waals surface area contributed by atoms with Crippen molar-refractivity contribution in [3.8, 4) is 5.75 Å². The second-order valence-corrected chi connectivity index (χ2v) is 9.36. The monoisotopic (exact) mass is 360 g/mol. The standard InChI is InChI=1S/C17H21BN2O4S/c1-25(22,23)10-11-2-4-12(5-3-11)14-8-18(21)24-15-9-20-17-13(16(14)15)6-7-19-17/h6-9,11-12,21H,2-5,10H2,1H3,(H,19,20). The first-order valence-electron chi connectivity index (χ1n) is 8.61. The summed E-state index contributed by atoms with van der Waals surface area (Å²) < 4.78 is 28.6. The maximum atomic E-state index is 11.5. The number of H-pyrrole nitrogens is 1. The topological polar surface area (TPSA) is 92.3 Å². The molecule has 0 saturated heterocycles. The van der Waals surface area contributed by atoms with Gasteiger partial charge in [-0.3, -0.25) is 0 Å². The number of hydrogen-bond acceptors (Lipinski definition) is 5. The van der Waals surface area contributed by atoms with Crippen molar-refractivity contribution in [2.45, 2.75) is 25.7 Å². The molecular formula is C17H21BN2O4S. The number of nitrogens with zero attached hydrogens (tertiary/aromatic N) is 1. The maximum Gasteiger partial charge on any atom is 0.552 e. The van der Waals surface area contributed by atoms with Gasteiger partial charge in [-0.05, 0) is 55.1 Å². The molecule has 0 radical (unpaired) electrons. The van der Waals surface area contributed by atoms with E-state index in [1.54, 1.807) is 12.2 Å². The van der Waals surface area contributed by atoms with E-state index in [1.165, 1.54) is 6.26 Å². The molecule has 25 heavy (non-hydrogen) atoms. The summed E-state index contributed by atoms with van der Waals surface area (Å²) in [6.45, 7) is 0. The summed E-state index contributed by atoms with van der Waals surface area (Å²) in [4.78, 5) is 7.45. The van der Waals surface area contributed by atoms with Gasteiger partial charge in [0.15, 0.2) is 0 Å². The molecule has 132 valence electrons. The maximum absolute atomic E-state index is 11.5. The van der Waals surface area contributed by atoms with Gasteiger partial charge in [0.25, 0.3) is 0 Å². The first kappa shape index (κ1) is 16.7. The van der Waals surface area contributed by atoms with Crippen LogP contribution in [0.1, 0.15) is 31.2 Å². The lowest BCUT2D eigenvalue weighted by molar-refractivity contribution is 0.336. The van der Waals surface area contributed by atoms with Crippen molar-refractivity contribution in [1.82, 2.24) is 9.97 Å². The largest absolute Gasteiger partial charge is 0.552 e. The lowest BCUT2D eigenvalue weighted by Gasteiger charge is -2.32. The highest BCUT2D eigenvalue weighted by Gasteiger charge is 2.33. The molecule has 1 aliphatic carbocycles. The molecule has 8 heteroatoms. The minimum atomic E-state index is -2.93. The minimum absolute atomic E-state index is 0.237. The molecule has 1 fully saturated rings. The third kappa shape index (κ3) is 3.33. The van der Waals surface area contributed by atoms with Gasteiger partial charge in [-0.1, -0.05) is 0 Å². The number of nitrogens with one attached hydrogen (secondary N) is 1. The summed E-state index contributed by atoms with van der Waals surface area (Å²) in [6.07, 6.45) is 8.44. The van der Waals surface area contributed by atoms with Crippen LogP contribution in [0, 0.1) is 11.8 Å². The fourth-order valence-electron chi connectivity index (χ4n) is 4.19. The van der Waals surface area contributed by atoms with Crippen LogP contribution in [0.2, 0.25) is 0 Å². The van der Waals surface area contributed by atoms with Crippen LogP contribution in [-0.4, -0.2) is 42.5 Å². The van der Waals surface area contributed by atoms with Crippen molar-refractivity contribution in [1.29, 1.82) is 0 Å². The number of pyridine rings is 1. The Morgan fingerprint density at radius 3 is 2.84 bits per heavy atom. The van der Waals surface area contributed by atoms with Crippen molar-refractivity contribution in [2.75, 3.05) is 12.0 Å². The lowest BCUT2D eigenvalue weighted by Crippen LogP contribution is -2.28. The molecule has 3 heterocycles. The Hall–Kier alpha value is -1.80. The molecule has 2 N–H and O–H groups in total. The number of fused-ring (bicyclic) bond motifs is 3. The van der Waals surface area contributed by atoms with E-state index in [2.05, 4.69) is 9.97 Å². The van der Waals surface area contributed by atoms with Gasteiger partial charge < -0.3 is 14.7 Å². The van der Waals surface area contributed by atoms with Crippen LogP contribution in [0.5, 0.6) is 5.75 Å². The Balaban J connectivity index is 1.62. The molecule has 1 saturated carbocycles. The molecule has 0 atom stereocenters. The molecular weight excluding hydrogens is 339 g/mol. The molecule has 2 aromatic rings. The van der Waals surface area contributed by atoms with Crippen LogP contribution in [0.3, 0.4) is 0 Å². The minimum Gasteiger partial charge on any atom is -0.531 e. The molecule has 0 aromatic carbocycles. The third-order valence-electron chi connectivity index (χ3n) is 5.24. The van der Waals surface area contributed by atoms with Gasteiger partial charge in [-0.2, -0.15) is 0 Å². The van der Waals surface area contributed by atoms with Gasteiger partial charge >= 0.3 is 7.12 Å². The molecule has 1 aliphatic heterocycles. The predicted molar refractivity (Wildman–Crippen MR) is 97.8 cm³/mol. The fraction of sp³-hybridized carbons (Fsp3) is 0.471. The Labute approximate surface area is 147 Å². The number of aromatic amines is 1. The number of hydrogen-bond donors (Lipinski definition) is 2. The average molecular weight is 360 g/mol. The van der Waals surface area contributed by atoms with Crippen LogP contribution in [0.25, 0.3) is 16.6 Å². The van der Waals surface area contributed by atoms with Gasteiger partial charge in [0, 0.05) is 23.4 Å². The summed E-state index contributed by atoms with van der Waals surface area (Å²) in [6, 6.07) is 1.98. The molecule has 0 unspecified atom stereocenters. The van der Waals surface area contributed by atoms with E-state index >= 15 is 0 Å². The third-order valence-corrected chi connectivity index (χ3v) is 6.31. The van der Waals surface area contributed by atoms with Gasteiger partial charge in [-0.25, -0.2) is 13.4 Å². The normalized spacial score (nSPS) is 23.9. The summed E-state index contributed by atoms with van der Waals surface area (Å²) in [5.41, 5.74) is 2.90. The Morgan fingerprint density at radius 1 is 1.36 bits per heavy atom. The molecule has 0 bridgehead atoms. The van der Waals surface area contributed by atoms with E-state index in [1.807, 2.05) is 12.3 Å². The number of allylic oxidation sites excluding steroid dienone is 1. The molecule has 6 nitrogen and oxygen atoms in total. The first-order chi connectivity index (χ1) is 11.9. The van der Waals surface area contributed by atoms with Gasteiger partial charge in [0.05, 0.1) is 11.9 Å². The summed E-state index contributed by atoms with van der Waals surface area (Å²) in [5.74, 6) is 3.20. The Kier molecular flexibility index (Phi) is 4.12. The van der Waals surface area contributed by atoms with Crippen LogP contribution < -0.4 is 4.65 Å². The quantitative estimate of drug-likeness (QED) is 0.819. The second-order valence-electron chi connectivity index (χ2n) is 7.18. The van der Waals surface area contributed by atoms with Crippen LogP contribution in [-0.2, 0) is 9.84 Å². The van der Waals surface area contributed by atoms with E-state index in [0.717, 1.165) is 47.9 Å². The van der Waals surface area contributed by atoms with Crippen molar-refractivity contribution < 1.29 is 18.1 Å². The summed E-state index contributed by atoms with van der Waals surface area (Å²) >= 11 is 0. The zero-order valence-electron chi connectivity index (χ0n) is 14.1. The number of aromatic nitrogens is 2. The van der Waals surface area contributed by atoms with Gasteiger partial charge in [0.1, 0.15) is 21.2 Å². The van der Waals surface area contributed by atoms with E-state index in [-0.39, 0.29) is 11.7 Å². The molecule has 2 aromatic heterocycles. The first-order valence-corrected chi connectivity index (χ1v) is 10.7. The van der Waals surface area contributed by atoms with Crippen LogP contribution in [0.15, 0.2) is 24.4 Å². The highest BCUT2D eigenvalue weighted by molar-refractivity contribution is 7.90. The summed E-state index contributed by atoms with van der Waals surface area (Å²) in [5, 5.41) is 11.1. The van der Waals surface area contributed by atoms with Crippen molar-refractivity contribution in [2.24, 2.45) is 11.8 Å². The fourth-order valence-corrected chi connectivity index (χ4v) is 5.38. The van der Waals surface area contributed by atoms with Crippen LogP contribution >= 0.6 is 0 Å². The highest BCUT2D eigenvalue weighted by Crippen LogP contribution is 2.44. The van der Waals surface area contributed by atoms with E-state index in [0.29, 0.717) is 11.7 Å². The Bertz CT molecular complexity index is 929. The summed E-state index contributed by atoms with van der Waals surface area (Å²) in [7, 11) is -3.90. The van der Waals surface area contributed by atoms with Crippen molar-refractivity contribution in [3.05, 3.63) is 30.0 Å². The zero-order chi connectivity index (χ0) is 17.6. The molecule has 2 aliphatic rings. The highest BCUT2D eigenvalue weighted by atomic mass is 32.2. The van der Waals surface area contributed by atoms with Gasteiger partial charge in [-0.15, -0.1) is 0 Å². The zero-order valence-corrected chi connectivity index (χ0v) is 14.9. The second kappa shape index (κ2) is 6.18. The van der Waals surface area contributed by atoms with Crippen molar-refractivity contribution in [3.63, 3.8) is 0 Å². The molecule has 4 rings (SSSR count). The lowest BCUT2D eigenvalue weighted by atomic mass is 9.71. The smallest absolute Gasteiger partial charge is 0.531 e. The van der Waals surface area contributed by atoms with E-state index in [4.69, 9.17) is 4.65 Å². The molecule has 0 amide bonds.